The lowest BCUT2D eigenvalue weighted by molar-refractivity contribution is 0.0636. The first-order valence-corrected chi connectivity index (χ1v) is 7.78. The largest absolute Gasteiger partial charge is 0.464 e. The Morgan fingerprint density at radius 1 is 1.09 bits per heavy atom. The predicted molar refractivity (Wildman–Crippen MR) is 91.7 cm³/mol. The van der Waals surface area contributed by atoms with Gasteiger partial charge in [0.05, 0.1) is 17.9 Å². The maximum atomic E-state index is 11.9. The quantitative estimate of drug-likeness (QED) is 0.831. The van der Waals surface area contributed by atoms with Crippen LogP contribution >= 0.6 is 0 Å². The van der Waals surface area contributed by atoms with Gasteiger partial charge in [-0.1, -0.05) is 19.1 Å². The lowest BCUT2D eigenvalue weighted by Crippen LogP contribution is -2.27. The van der Waals surface area contributed by atoms with Gasteiger partial charge in [0, 0.05) is 6.42 Å². The average molecular weight is 316 g/mol. The first-order chi connectivity index (χ1) is 10.9. The van der Waals surface area contributed by atoms with Crippen molar-refractivity contribution in [2.45, 2.75) is 46.3 Å². The topological polar surface area (TPSA) is 63.5 Å². The Hall–Kier alpha value is -2.43. The van der Waals surface area contributed by atoms with Crippen LogP contribution in [0.3, 0.4) is 0 Å². The molecule has 5 heteroatoms. The third-order valence-corrected chi connectivity index (χ3v) is 3.08. The van der Waals surface area contributed by atoms with Gasteiger partial charge in [-0.05, 0) is 45.0 Å². The second-order valence-electron chi connectivity index (χ2n) is 6.25. The molecular weight excluding hydrogens is 292 g/mol. The molecule has 124 valence electrons. The van der Waals surface area contributed by atoms with E-state index < -0.39 is 11.7 Å². The normalized spacial score (nSPS) is 11.1. The van der Waals surface area contributed by atoms with Crippen LogP contribution in [0.1, 0.15) is 39.2 Å². The minimum Gasteiger partial charge on any atom is -0.464 e. The van der Waals surface area contributed by atoms with E-state index in [0.717, 1.165) is 23.6 Å². The summed E-state index contributed by atoms with van der Waals surface area (Å²) in [6.07, 6.45) is 0.398. The average Bonchev–Trinajstić information content (AvgIpc) is 2.92. The van der Waals surface area contributed by atoms with Crippen LogP contribution < -0.4 is 10.6 Å². The van der Waals surface area contributed by atoms with Gasteiger partial charge in [-0.3, -0.25) is 5.32 Å². The highest BCUT2D eigenvalue weighted by molar-refractivity contribution is 5.89. The highest BCUT2D eigenvalue weighted by atomic mass is 16.6. The summed E-state index contributed by atoms with van der Waals surface area (Å²) in [5.41, 5.74) is 0.953. The molecule has 0 saturated carbocycles. The van der Waals surface area contributed by atoms with Gasteiger partial charge in [0.1, 0.15) is 17.1 Å². The van der Waals surface area contributed by atoms with Gasteiger partial charge < -0.3 is 14.5 Å². The Bertz CT molecular complexity index is 656. The highest BCUT2D eigenvalue weighted by Gasteiger charge is 2.17. The number of hydrogen-bond donors (Lipinski definition) is 2. The SMILES string of the molecule is CCc1ccc(CNc2ccccc2NC(=O)OC(C)(C)C)o1. The summed E-state index contributed by atoms with van der Waals surface area (Å²) in [5.74, 6) is 1.82. The van der Waals surface area contributed by atoms with Crippen LogP contribution in [0.5, 0.6) is 0 Å². The molecule has 1 aromatic carbocycles. The molecule has 2 rings (SSSR count). The first-order valence-electron chi connectivity index (χ1n) is 7.78. The van der Waals surface area contributed by atoms with Crippen molar-refractivity contribution in [1.29, 1.82) is 0 Å². The van der Waals surface area contributed by atoms with E-state index in [2.05, 4.69) is 17.6 Å². The fourth-order valence-corrected chi connectivity index (χ4v) is 2.05. The van der Waals surface area contributed by atoms with E-state index in [1.165, 1.54) is 0 Å². The second-order valence-corrected chi connectivity index (χ2v) is 6.25. The molecule has 0 atom stereocenters. The molecule has 1 heterocycles. The van der Waals surface area contributed by atoms with Crippen molar-refractivity contribution in [3.05, 3.63) is 47.9 Å². The summed E-state index contributed by atoms with van der Waals surface area (Å²) in [4.78, 5) is 11.9. The first kappa shape index (κ1) is 16.9. The lowest BCUT2D eigenvalue weighted by Gasteiger charge is -2.20. The molecular formula is C18H24N2O3. The van der Waals surface area contributed by atoms with Crippen molar-refractivity contribution in [1.82, 2.24) is 0 Å². The molecule has 0 aliphatic heterocycles. The number of hydrogen-bond acceptors (Lipinski definition) is 4. The van der Waals surface area contributed by atoms with Gasteiger partial charge in [0.15, 0.2) is 0 Å². The van der Waals surface area contributed by atoms with E-state index in [0.29, 0.717) is 12.2 Å². The number of para-hydroxylation sites is 2. The summed E-state index contributed by atoms with van der Waals surface area (Å²) >= 11 is 0. The molecule has 0 spiro atoms. The Balaban J connectivity index is 2.01. The molecule has 0 bridgehead atoms. The fraction of sp³-hybridized carbons (Fsp3) is 0.389. The zero-order chi connectivity index (χ0) is 16.9. The molecule has 0 fully saturated rings. The van der Waals surface area contributed by atoms with Crippen LogP contribution in [-0.4, -0.2) is 11.7 Å². The number of furan rings is 1. The summed E-state index contributed by atoms with van der Waals surface area (Å²) in [5, 5.41) is 6.04. The Morgan fingerprint density at radius 2 is 1.74 bits per heavy atom. The predicted octanol–water partition coefficient (Wildman–Crippen LogP) is 4.80. The third-order valence-electron chi connectivity index (χ3n) is 3.08. The second kappa shape index (κ2) is 7.22. The smallest absolute Gasteiger partial charge is 0.412 e. The molecule has 23 heavy (non-hydrogen) atoms. The van der Waals surface area contributed by atoms with E-state index in [-0.39, 0.29) is 0 Å². The minimum absolute atomic E-state index is 0.474. The van der Waals surface area contributed by atoms with Crippen molar-refractivity contribution in [2.24, 2.45) is 0 Å². The number of rotatable bonds is 5. The van der Waals surface area contributed by atoms with Crippen molar-refractivity contribution < 1.29 is 13.9 Å². The van der Waals surface area contributed by atoms with Crippen molar-refractivity contribution >= 4 is 17.5 Å². The van der Waals surface area contributed by atoms with Crippen LogP contribution in [0.4, 0.5) is 16.2 Å². The van der Waals surface area contributed by atoms with Gasteiger partial charge in [-0.15, -0.1) is 0 Å². The standard InChI is InChI=1S/C18H24N2O3/c1-5-13-10-11-14(22-13)12-19-15-8-6-7-9-16(15)20-17(21)23-18(2,3)4/h6-11,19H,5,12H2,1-4H3,(H,20,21). The maximum Gasteiger partial charge on any atom is 0.412 e. The van der Waals surface area contributed by atoms with E-state index in [4.69, 9.17) is 9.15 Å². The van der Waals surface area contributed by atoms with Crippen LogP contribution in [0.2, 0.25) is 0 Å². The fourth-order valence-electron chi connectivity index (χ4n) is 2.05. The third kappa shape index (κ3) is 5.36. The van der Waals surface area contributed by atoms with Crippen molar-refractivity contribution in [2.75, 3.05) is 10.6 Å². The van der Waals surface area contributed by atoms with E-state index in [9.17, 15) is 4.79 Å². The van der Waals surface area contributed by atoms with E-state index >= 15 is 0 Å². The number of ether oxygens (including phenoxy) is 1. The lowest BCUT2D eigenvalue weighted by atomic mass is 10.2. The Labute approximate surface area is 137 Å². The van der Waals surface area contributed by atoms with Crippen molar-refractivity contribution in [3.8, 4) is 0 Å². The van der Waals surface area contributed by atoms with Crippen molar-refractivity contribution in [3.63, 3.8) is 0 Å². The van der Waals surface area contributed by atoms with Crippen LogP contribution in [0.25, 0.3) is 0 Å². The van der Waals surface area contributed by atoms with E-state index in [1.54, 1.807) is 0 Å². The molecule has 0 aliphatic carbocycles. The zero-order valence-electron chi connectivity index (χ0n) is 14.1. The number of aryl methyl sites for hydroxylation is 1. The minimum atomic E-state index is -0.531. The number of anilines is 2. The van der Waals surface area contributed by atoms with Gasteiger partial charge in [0.25, 0.3) is 0 Å². The monoisotopic (exact) mass is 316 g/mol. The molecule has 0 saturated heterocycles. The van der Waals surface area contributed by atoms with Gasteiger partial charge in [-0.2, -0.15) is 0 Å². The zero-order valence-corrected chi connectivity index (χ0v) is 14.1. The number of carbonyl (C=O) groups is 1. The van der Waals surface area contributed by atoms with E-state index in [1.807, 2.05) is 57.2 Å². The Morgan fingerprint density at radius 3 is 2.35 bits per heavy atom. The van der Waals surface area contributed by atoms with Gasteiger partial charge in [0.2, 0.25) is 0 Å². The molecule has 0 radical (unpaired) electrons. The number of benzene rings is 1. The molecule has 0 aliphatic rings. The molecule has 0 unspecified atom stereocenters. The van der Waals surface area contributed by atoms with Gasteiger partial charge >= 0.3 is 6.09 Å². The van der Waals surface area contributed by atoms with Crippen LogP contribution in [0.15, 0.2) is 40.8 Å². The molecule has 1 amide bonds. The summed E-state index contributed by atoms with van der Waals surface area (Å²) in [6.45, 7) is 8.10. The highest BCUT2D eigenvalue weighted by Crippen LogP contribution is 2.23. The maximum absolute atomic E-state index is 11.9. The van der Waals surface area contributed by atoms with Crippen LogP contribution in [-0.2, 0) is 17.7 Å². The van der Waals surface area contributed by atoms with Crippen LogP contribution in [0, 0.1) is 0 Å². The summed E-state index contributed by atoms with van der Waals surface area (Å²) in [7, 11) is 0. The van der Waals surface area contributed by atoms with Gasteiger partial charge in [-0.25, -0.2) is 4.79 Å². The Kier molecular flexibility index (Phi) is 5.32. The summed E-state index contributed by atoms with van der Waals surface area (Å²) < 4.78 is 10.9. The number of carbonyl (C=O) groups excluding carboxylic acids is 1. The summed E-state index contributed by atoms with van der Waals surface area (Å²) in [6, 6.07) is 11.4. The number of nitrogens with one attached hydrogen (secondary N) is 2. The number of amides is 1. The molecule has 2 aromatic rings. The molecule has 1 aromatic heterocycles. The molecule has 5 nitrogen and oxygen atoms in total. The molecule has 2 N–H and O–H groups in total.